The lowest BCUT2D eigenvalue weighted by molar-refractivity contribution is -0.379. The SMILES string of the molecule is CC/C=C\C/C=C\C/C=C\C/C=C\CCCCCCCCCCCCCCCCC(=O)NC(COC1OC(CO)C(OC2OC(CO)C(OC3OC(CO)C(O)C(O)C3O)C(O)C2O)C(O)C1O)C(O)/C=C/CC/C=C/CCCCCCCCCCCCCCCCCC. The van der Waals surface area contributed by atoms with Crippen LogP contribution in [0.15, 0.2) is 72.9 Å². The molecule has 0 spiro atoms. The molecule has 0 aliphatic carbocycles. The molecule has 0 saturated carbocycles. The normalized spacial score (nSPS) is 27.8. The second-order valence-corrected chi connectivity index (χ2v) is 26.4. The number of unbranched alkanes of at least 4 members (excludes halogenated alkanes) is 31. The first-order valence-corrected chi connectivity index (χ1v) is 37.2. The van der Waals surface area contributed by atoms with Crippen molar-refractivity contribution < 1.29 is 89.4 Å². The summed E-state index contributed by atoms with van der Waals surface area (Å²) in [7, 11) is 0. The van der Waals surface area contributed by atoms with Crippen LogP contribution < -0.4 is 5.32 Å². The van der Waals surface area contributed by atoms with Crippen molar-refractivity contribution in [2.75, 3.05) is 26.4 Å². The highest BCUT2D eigenvalue weighted by atomic mass is 16.8. The van der Waals surface area contributed by atoms with Gasteiger partial charge in [0.2, 0.25) is 5.91 Å². The number of carbonyl (C=O) groups is 1. The highest BCUT2D eigenvalue weighted by Gasteiger charge is 2.53. The van der Waals surface area contributed by atoms with Gasteiger partial charge in [0.15, 0.2) is 18.9 Å². The summed E-state index contributed by atoms with van der Waals surface area (Å²) in [6.45, 7) is 1.62. The number of hydrogen-bond acceptors (Lipinski definition) is 18. The fraction of sp³-hybridized carbons (Fsp3) is 0.827. The molecule has 17 atom stereocenters. The third-order valence-electron chi connectivity index (χ3n) is 18.2. The van der Waals surface area contributed by atoms with Gasteiger partial charge in [-0.05, 0) is 70.6 Å². The maximum atomic E-state index is 13.4. The smallest absolute Gasteiger partial charge is 0.220 e. The highest BCUT2D eigenvalue weighted by Crippen LogP contribution is 2.33. The van der Waals surface area contributed by atoms with Crippen LogP contribution in [0.25, 0.3) is 0 Å². The molecule has 19 nitrogen and oxygen atoms in total. The van der Waals surface area contributed by atoms with E-state index in [0.29, 0.717) is 12.8 Å². The number of nitrogens with one attached hydrogen (secondary N) is 1. The fourth-order valence-corrected chi connectivity index (χ4v) is 12.3. The number of aliphatic hydroxyl groups excluding tert-OH is 11. The molecule has 3 rings (SSSR count). The zero-order chi connectivity index (χ0) is 68.2. The van der Waals surface area contributed by atoms with Gasteiger partial charge in [0.1, 0.15) is 73.2 Å². The Morgan fingerprint density at radius 3 is 1.19 bits per heavy atom. The molecule has 0 bridgehead atoms. The van der Waals surface area contributed by atoms with Gasteiger partial charge in [-0.1, -0.05) is 260 Å². The van der Waals surface area contributed by atoms with Crippen LogP contribution in [0.5, 0.6) is 0 Å². The van der Waals surface area contributed by atoms with Gasteiger partial charge >= 0.3 is 0 Å². The number of hydrogen-bond donors (Lipinski definition) is 12. The van der Waals surface area contributed by atoms with Gasteiger partial charge in [0, 0.05) is 6.42 Å². The zero-order valence-electron chi connectivity index (χ0n) is 57.9. The van der Waals surface area contributed by atoms with E-state index >= 15 is 0 Å². The molecule has 3 saturated heterocycles. The van der Waals surface area contributed by atoms with E-state index in [0.717, 1.165) is 70.6 Å². The minimum absolute atomic E-state index is 0.232. The second kappa shape index (κ2) is 56.0. The quantitative estimate of drug-likeness (QED) is 0.0199. The predicted octanol–water partition coefficient (Wildman–Crippen LogP) is 10.9. The van der Waals surface area contributed by atoms with Crippen LogP contribution in [0, 0.1) is 0 Å². The van der Waals surface area contributed by atoms with Crippen molar-refractivity contribution in [3.63, 3.8) is 0 Å². The molecule has 3 fully saturated rings. The summed E-state index contributed by atoms with van der Waals surface area (Å²) >= 11 is 0. The van der Waals surface area contributed by atoms with Crippen LogP contribution in [0.2, 0.25) is 0 Å². The Labute approximate surface area is 566 Å². The van der Waals surface area contributed by atoms with Crippen molar-refractivity contribution >= 4 is 5.91 Å². The Morgan fingerprint density at radius 1 is 0.394 bits per heavy atom. The molecule has 0 aromatic carbocycles. The number of aliphatic hydroxyl groups is 11. The number of amides is 1. The molecule has 0 radical (unpaired) electrons. The molecule has 546 valence electrons. The molecule has 0 aromatic heterocycles. The summed E-state index contributed by atoms with van der Waals surface area (Å²) in [6, 6.07) is -0.994. The molecule has 17 unspecified atom stereocenters. The van der Waals surface area contributed by atoms with E-state index in [9.17, 15) is 61.0 Å². The Hall–Kier alpha value is -2.77. The average molecular weight is 1340 g/mol. The lowest BCUT2D eigenvalue weighted by Crippen LogP contribution is -2.66. The maximum Gasteiger partial charge on any atom is 0.220 e. The Kier molecular flexibility index (Phi) is 50.9. The van der Waals surface area contributed by atoms with Crippen molar-refractivity contribution in [2.24, 2.45) is 0 Å². The first-order valence-electron chi connectivity index (χ1n) is 37.2. The van der Waals surface area contributed by atoms with Gasteiger partial charge < -0.3 is 89.9 Å². The molecular weight excluding hydrogens is 1200 g/mol. The average Bonchev–Trinajstić information content (AvgIpc) is 0.787. The van der Waals surface area contributed by atoms with Crippen molar-refractivity contribution in [1.82, 2.24) is 5.32 Å². The minimum atomic E-state index is -1.98. The highest BCUT2D eigenvalue weighted by molar-refractivity contribution is 5.76. The molecule has 3 aliphatic rings. The molecule has 1 amide bonds. The predicted molar refractivity (Wildman–Crippen MR) is 369 cm³/mol. The first-order chi connectivity index (χ1) is 45.8. The van der Waals surface area contributed by atoms with Crippen LogP contribution >= 0.6 is 0 Å². The summed E-state index contributed by atoms with van der Waals surface area (Å²) in [6.07, 6.45) is 44.5. The van der Waals surface area contributed by atoms with Crippen molar-refractivity contribution in [1.29, 1.82) is 0 Å². The molecule has 12 N–H and O–H groups in total. The van der Waals surface area contributed by atoms with Crippen LogP contribution in [-0.2, 0) is 33.2 Å². The maximum absolute atomic E-state index is 13.4. The van der Waals surface area contributed by atoms with Gasteiger partial charge in [-0.3, -0.25) is 4.79 Å². The molecule has 0 aromatic rings. The van der Waals surface area contributed by atoms with Gasteiger partial charge in [-0.15, -0.1) is 0 Å². The fourth-order valence-electron chi connectivity index (χ4n) is 12.3. The minimum Gasteiger partial charge on any atom is -0.394 e. The third kappa shape index (κ3) is 36.9. The summed E-state index contributed by atoms with van der Waals surface area (Å²) in [5.41, 5.74) is 0. The van der Waals surface area contributed by atoms with E-state index in [2.05, 4.69) is 79.9 Å². The number of carbonyl (C=O) groups excluding carboxylic acids is 1. The topological polar surface area (TPSA) is 307 Å². The van der Waals surface area contributed by atoms with Crippen LogP contribution in [0.4, 0.5) is 0 Å². The monoisotopic (exact) mass is 1340 g/mol. The van der Waals surface area contributed by atoms with E-state index in [1.165, 1.54) is 161 Å². The van der Waals surface area contributed by atoms with Crippen molar-refractivity contribution in [3.8, 4) is 0 Å². The largest absolute Gasteiger partial charge is 0.394 e. The van der Waals surface area contributed by atoms with E-state index in [1.54, 1.807) is 6.08 Å². The second-order valence-electron chi connectivity index (χ2n) is 26.4. The van der Waals surface area contributed by atoms with Crippen LogP contribution in [0.1, 0.15) is 264 Å². The molecule has 94 heavy (non-hydrogen) atoms. The van der Waals surface area contributed by atoms with Gasteiger partial charge in [0.05, 0.1) is 38.6 Å². The summed E-state index contributed by atoms with van der Waals surface area (Å²) in [5.74, 6) is -0.286. The van der Waals surface area contributed by atoms with Crippen molar-refractivity contribution in [2.45, 2.75) is 369 Å². The van der Waals surface area contributed by atoms with Gasteiger partial charge in [-0.25, -0.2) is 0 Å². The van der Waals surface area contributed by atoms with Gasteiger partial charge in [0.25, 0.3) is 0 Å². The van der Waals surface area contributed by atoms with Crippen molar-refractivity contribution in [3.05, 3.63) is 72.9 Å². The number of rotatable bonds is 57. The Morgan fingerprint density at radius 2 is 0.745 bits per heavy atom. The Bertz CT molecular complexity index is 1980. The van der Waals surface area contributed by atoms with Crippen LogP contribution in [0.3, 0.4) is 0 Å². The summed E-state index contributed by atoms with van der Waals surface area (Å²) < 4.78 is 34.4. The van der Waals surface area contributed by atoms with E-state index < -0.39 is 124 Å². The standard InChI is InChI=1S/C75H133NO18/c1-3-5-7-9-11-13-15-17-19-21-23-25-27-28-29-30-31-33-35-37-39-41-43-45-47-49-51-53-63(81)76-58(59(80)52-50-48-46-44-42-40-38-36-34-32-26-24-22-20-18-16-14-12-10-8-6-4-2)57-89-73-69(87)66(84)71(61(55-78)91-73)94-75-70(88)67(85)72(62(56-79)92-75)93-74-68(86)65(83)64(82)60(54-77)90-74/h5,7,11,13,17,19,23,25,42,44,50,52,58-62,64-75,77-80,82-88H,3-4,6,8-10,12,14-16,18,20-22,24,26-41,43,45-49,51,53-57H2,1-2H3,(H,76,81)/b7-5-,13-11-,19-17-,25-23-,44-42+,52-50+. The first kappa shape index (κ1) is 85.5. The summed E-state index contributed by atoms with van der Waals surface area (Å²) in [4.78, 5) is 13.4. The molecular formula is C75H133NO18. The van der Waals surface area contributed by atoms with Crippen LogP contribution in [-0.4, -0.2) is 193 Å². The number of allylic oxidation sites excluding steroid dienone is 11. The molecule has 3 heterocycles. The van der Waals surface area contributed by atoms with Gasteiger partial charge in [-0.2, -0.15) is 0 Å². The third-order valence-corrected chi connectivity index (χ3v) is 18.2. The number of ether oxygens (including phenoxy) is 6. The van der Waals surface area contributed by atoms with E-state index in [4.69, 9.17) is 28.4 Å². The zero-order valence-corrected chi connectivity index (χ0v) is 57.9. The molecule has 19 heteroatoms. The Balaban J connectivity index is 1.42. The van der Waals surface area contributed by atoms with E-state index in [1.807, 2.05) is 6.08 Å². The molecule has 3 aliphatic heterocycles. The summed E-state index contributed by atoms with van der Waals surface area (Å²) in [5, 5.41) is 121. The van der Waals surface area contributed by atoms with E-state index in [-0.39, 0.29) is 18.9 Å². The lowest BCUT2D eigenvalue weighted by Gasteiger charge is -2.48. The lowest BCUT2D eigenvalue weighted by atomic mass is 9.96.